The van der Waals surface area contributed by atoms with Gasteiger partial charge in [-0.05, 0) is 31.2 Å². The summed E-state index contributed by atoms with van der Waals surface area (Å²) in [6.45, 7) is 2.16. The highest BCUT2D eigenvalue weighted by atomic mass is 16.6. The maximum atomic E-state index is 12.1. The highest BCUT2D eigenvalue weighted by molar-refractivity contribution is 5.81. The van der Waals surface area contributed by atoms with Gasteiger partial charge < -0.3 is 19.7 Å². The molecule has 0 aliphatic carbocycles. The third-order valence-electron chi connectivity index (χ3n) is 4.53. The van der Waals surface area contributed by atoms with E-state index in [1.165, 1.54) is 0 Å². The third-order valence-corrected chi connectivity index (χ3v) is 4.53. The molecule has 2 aliphatic heterocycles. The number of carbonyl (C=O) groups excluding carboxylic acids is 2. The number of hydrogen-bond acceptors (Lipinski definition) is 4. The van der Waals surface area contributed by atoms with E-state index in [1.807, 2.05) is 30.3 Å². The van der Waals surface area contributed by atoms with Gasteiger partial charge in [0.1, 0.15) is 12.7 Å². The van der Waals surface area contributed by atoms with Gasteiger partial charge in [0.2, 0.25) is 5.91 Å². The minimum Gasteiger partial charge on any atom is -0.445 e. The molecule has 0 saturated carbocycles. The van der Waals surface area contributed by atoms with Gasteiger partial charge in [0, 0.05) is 25.7 Å². The number of nitrogens with one attached hydrogen (secondary N) is 1. The van der Waals surface area contributed by atoms with Crippen LogP contribution in [0, 0.1) is 0 Å². The van der Waals surface area contributed by atoms with Crippen LogP contribution < -0.4 is 5.32 Å². The summed E-state index contributed by atoms with van der Waals surface area (Å²) in [5.74, 6) is -0.0161. The smallest absolute Gasteiger partial charge is 0.410 e. The molecule has 0 bridgehead atoms. The second-order valence-electron chi connectivity index (χ2n) is 6.31. The monoisotopic (exact) mass is 332 g/mol. The molecule has 0 radical (unpaired) electrons. The lowest BCUT2D eigenvalue weighted by Gasteiger charge is -2.32. The molecule has 1 aromatic carbocycles. The number of amides is 2. The van der Waals surface area contributed by atoms with Crippen molar-refractivity contribution in [2.24, 2.45) is 0 Å². The Morgan fingerprint density at radius 2 is 1.92 bits per heavy atom. The first-order valence-corrected chi connectivity index (χ1v) is 8.60. The predicted molar refractivity (Wildman–Crippen MR) is 88.3 cm³/mol. The number of rotatable bonds is 4. The topological polar surface area (TPSA) is 67.9 Å². The molecule has 6 heteroatoms. The maximum Gasteiger partial charge on any atom is 0.410 e. The van der Waals surface area contributed by atoms with Gasteiger partial charge in [0.15, 0.2) is 0 Å². The molecule has 2 amide bonds. The molecule has 1 aromatic rings. The van der Waals surface area contributed by atoms with Crippen molar-refractivity contribution in [3.63, 3.8) is 0 Å². The van der Waals surface area contributed by atoms with Crippen LogP contribution in [0.1, 0.15) is 31.2 Å². The van der Waals surface area contributed by atoms with Crippen LogP contribution in [-0.4, -0.2) is 48.7 Å². The second-order valence-corrected chi connectivity index (χ2v) is 6.31. The van der Waals surface area contributed by atoms with Crippen molar-refractivity contribution >= 4 is 12.0 Å². The van der Waals surface area contributed by atoms with Crippen LogP contribution in [0.3, 0.4) is 0 Å². The predicted octanol–water partition coefficient (Wildman–Crippen LogP) is 2.08. The van der Waals surface area contributed by atoms with Crippen molar-refractivity contribution in [1.82, 2.24) is 10.2 Å². The number of carbonyl (C=O) groups is 2. The van der Waals surface area contributed by atoms with Crippen LogP contribution in [0.5, 0.6) is 0 Å². The Labute approximate surface area is 142 Å². The zero-order chi connectivity index (χ0) is 16.8. The first kappa shape index (κ1) is 16.8. The van der Waals surface area contributed by atoms with E-state index in [9.17, 15) is 9.59 Å². The zero-order valence-corrected chi connectivity index (χ0v) is 13.8. The summed E-state index contributed by atoms with van der Waals surface area (Å²) in [6.07, 6.45) is 2.67. The largest absolute Gasteiger partial charge is 0.445 e. The number of ether oxygens (including phenoxy) is 2. The molecule has 2 saturated heterocycles. The summed E-state index contributed by atoms with van der Waals surface area (Å²) in [7, 11) is 0. The lowest BCUT2D eigenvalue weighted by Crippen LogP contribution is -2.48. The quantitative estimate of drug-likeness (QED) is 0.917. The van der Waals surface area contributed by atoms with Crippen LogP contribution in [-0.2, 0) is 20.9 Å². The summed E-state index contributed by atoms with van der Waals surface area (Å²) >= 11 is 0. The second kappa shape index (κ2) is 8.15. The van der Waals surface area contributed by atoms with Crippen LogP contribution in [0.4, 0.5) is 4.79 Å². The van der Waals surface area contributed by atoms with Gasteiger partial charge in [-0.2, -0.15) is 0 Å². The molecule has 0 spiro atoms. The molecule has 130 valence electrons. The Bertz CT molecular complexity index is 549. The SMILES string of the molecule is O=C(NC1CCN(C(=O)OCc2ccccc2)CC1)C1CCCO1. The third kappa shape index (κ3) is 4.47. The Morgan fingerprint density at radius 3 is 2.58 bits per heavy atom. The van der Waals surface area contributed by atoms with E-state index in [4.69, 9.17) is 9.47 Å². The van der Waals surface area contributed by atoms with E-state index >= 15 is 0 Å². The molecular weight excluding hydrogens is 308 g/mol. The molecule has 1 atom stereocenters. The van der Waals surface area contributed by atoms with Gasteiger partial charge in [-0.25, -0.2) is 4.79 Å². The highest BCUT2D eigenvalue weighted by Crippen LogP contribution is 2.15. The molecule has 1 N–H and O–H groups in total. The molecule has 2 heterocycles. The fraction of sp³-hybridized carbons (Fsp3) is 0.556. The summed E-state index contributed by atoms with van der Waals surface area (Å²) in [6, 6.07) is 9.75. The van der Waals surface area contributed by atoms with Crippen molar-refractivity contribution in [1.29, 1.82) is 0 Å². The normalized spacial score (nSPS) is 21.5. The first-order chi connectivity index (χ1) is 11.7. The van der Waals surface area contributed by atoms with E-state index in [1.54, 1.807) is 4.90 Å². The van der Waals surface area contributed by atoms with Crippen LogP contribution in [0.2, 0.25) is 0 Å². The molecule has 2 fully saturated rings. The maximum absolute atomic E-state index is 12.1. The number of benzene rings is 1. The van der Waals surface area contributed by atoms with E-state index in [2.05, 4.69) is 5.32 Å². The molecule has 1 unspecified atom stereocenters. The van der Waals surface area contributed by atoms with Crippen molar-refractivity contribution in [3.05, 3.63) is 35.9 Å². The zero-order valence-electron chi connectivity index (χ0n) is 13.8. The van der Waals surface area contributed by atoms with E-state index < -0.39 is 0 Å². The average Bonchev–Trinajstić information content (AvgIpc) is 3.16. The molecule has 6 nitrogen and oxygen atoms in total. The van der Waals surface area contributed by atoms with Gasteiger partial charge in [-0.3, -0.25) is 4.79 Å². The fourth-order valence-corrected chi connectivity index (χ4v) is 3.10. The lowest BCUT2D eigenvalue weighted by molar-refractivity contribution is -0.131. The van der Waals surface area contributed by atoms with Gasteiger partial charge >= 0.3 is 6.09 Å². The van der Waals surface area contributed by atoms with E-state index in [-0.39, 0.29) is 30.8 Å². The van der Waals surface area contributed by atoms with Crippen molar-refractivity contribution in [3.8, 4) is 0 Å². The highest BCUT2D eigenvalue weighted by Gasteiger charge is 2.28. The molecule has 24 heavy (non-hydrogen) atoms. The summed E-state index contributed by atoms with van der Waals surface area (Å²) in [5.41, 5.74) is 0.976. The lowest BCUT2D eigenvalue weighted by atomic mass is 10.0. The van der Waals surface area contributed by atoms with Gasteiger partial charge in [-0.1, -0.05) is 30.3 Å². The van der Waals surface area contributed by atoms with E-state index in [0.717, 1.165) is 31.2 Å². The van der Waals surface area contributed by atoms with Crippen LogP contribution in [0.15, 0.2) is 30.3 Å². The van der Waals surface area contributed by atoms with Crippen LogP contribution in [0.25, 0.3) is 0 Å². The Hall–Kier alpha value is -2.08. The summed E-state index contributed by atoms with van der Waals surface area (Å²) < 4.78 is 10.7. The number of nitrogens with zero attached hydrogens (tertiary/aromatic N) is 1. The molecular formula is C18H24N2O4. The minimum absolute atomic E-state index is 0.0161. The van der Waals surface area contributed by atoms with E-state index in [0.29, 0.717) is 19.7 Å². The Morgan fingerprint density at radius 1 is 1.17 bits per heavy atom. The average molecular weight is 332 g/mol. The number of likely N-dealkylation sites (tertiary alicyclic amines) is 1. The van der Waals surface area contributed by atoms with Gasteiger partial charge in [-0.15, -0.1) is 0 Å². The summed E-state index contributed by atoms with van der Waals surface area (Å²) in [5, 5.41) is 3.04. The van der Waals surface area contributed by atoms with Gasteiger partial charge in [0.05, 0.1) is 0 Å². The first-order valence-electron chi connectivity index (χ1n) is 8.60. The van der Waals surface area contributed by atoms with Crippen molar-refractivity contribution in [2.75, 3.05) is 19.7 Å². The van der Waals surface area contributed by atoms with Gasteiger partial charge in [0.25, 0.3) is 0 Å². The number of piperidine rings is 1. The summed E-state index contributed by atoms with van der Waals surface area (Å²) in [4.78, 5) is 25.9. The minimum atomic E-state index is -0.293. The number of hydrogen-bond donors (Lipinski definition) is 1. The molecule has 2 aliphatic rings. The molecule has 0 aromatic heterocycles. The standard InChI is InChI=1S/C18H24N2O4/c21-17(16-7-4-12-23-16)19-15-8-10-20(11-9-15)18(22)24-13-14-5-2-1-3-6-14/h1-3,5-6,15-16H,4,7-13H2,(H,19,21). The fourth-order valence-electron chi connectivity index (χ4n) is 3.10. The Kier molecular flexibility index (Phi) is 5.69. The van der Waals surface area contributed by atoms with Crippen molar-refractivity contribution < 1.29 is 19.1 Å². The van der Waals surface area contributed by atoms with Crippen LogP contribution >= 0.6 is 0 Å². The van der Waals surface area contributed by atoms with Crippen molar-refractivity contribution in [2.45, 2.75) is 44.4 Å². The Balaban J connectivity index is 1.38. The molecule has 3 rings (SSSR count).